The second kappa shape index (κ2) is 7.41. The number of carbonyl (C=O) groups excluding carboxylic acids is 2. The molecular formula is C19H19F2N3O4. The van der Waals surface area contributed by atoms with Crippen LogP contribution in [0.5, 0.6) is 0 Å². The molecule has 1 aromatic carbocycles. The number of nitrogens with one attached hydrogen (secondary N) is 1. The first kappa shape index (κ1) is 19.5. The van der Waals surface area contributed by atoms with Crippen LogP contribution in [0.2, 0.25) is 0 Å². The molecule has 3 rings (SSSR count). The lowest BCUT2D eigenvalue weighted by Crippen LogP contribution is -2.48. The van der Waals surface area contributed by atoms with Crippen LogP contribution in [-0.2, 0) is 9.53 Å². The monoisotopic (exact) mass is 391 g/mol. The Kier molecular flexibility index (Phi) is 5.17. The van der Waals surface area contributed by atoms with E-state index in [0.29, 0.717) is 5.76 Å². The molecule has 1 aromatic heterocycles. The lowest BCUT2D eigenvalue weighted by atomic mass is 9.94. The summed E-state index contributed by atoms with van der Waals surface area (Å²) in [5, 5.41) is 6.44. The summed E-state index contributed by atoms with van der Waals surface area (Å²) in [6.07, 6.45) is -0.418. The SMILES string of the molecule is CC1=C(C(=O)OC(C)C)C(c2ccc(F)c(F)c2)NC(=O)N1c1cc(C)on1. The highest BCUT2D eigenvalue weighted by molar-refractivity contribution is 6.02. The van der Waals surface area contributed by atoms with Gasteiger partial charge < -0.3 is 14.6 Å². The van der Waals surface area contributed by atoms with Crippen LogP contribution in [0.15, 0.2) is 40.1 Å². The zero-order valence-electron chi connectivity index (χ0n) is 15.7. The van der Waals surface area contributed by atoms with E-state index in [9.17, 15) is 18.4 Å². The van der Waals surface area contributed by atoms with Crippen LogP contribution in [-0.4, -0.2) is 23.3 Å². The topological polar surface area (TPSA) is 84.7 Å². The highest BCUT2D eigenvalue weighted by Crippen LogP contribution is 2.34. The van der Waals surface area contributed by atoms with Crippen molar-refractivity contribution in [3.63, 3.8) is 0 Å². The number of urea groups is 1. The lowest BCUT2D eigenvalue weighted by molar-refractivity contribution is -0.143. The molecule has 0 saturated heterocycles. The Bertz CT molecular complexity index is 968. The number of amides is 2. The summed E-state index contributed by atoms with van der Waals surface area (Å²) in [4.78, 5) is 26.7. The first-order valence-corrected chi connectivity index (χ1v) is 8.59. The van der Waals surface area contributed by atoms with E-state index in [0.717, 1.165) is 12.1 Å². The summed E-state index contributed by atoms with van der Waals surface area (Å²) in [5.41, 5.74) is 0.538. The van der Waals surface area contributed by atoms with Crippen LogP contribution in [0.25, 0.3) is 0 Å². The van der Waals surface area contributed by atoms with Crippen molar-refractivity contribution in [3.8, 4) is 0 Å². The second-order valence-corrected chi connectivity index (χ2v) is 6.64. The highest BCUT2D eigenvalue weighted by Gasteiger charge is 2.38. The van der Waals surface area contributed by atoms with Gasteiger partial charge in [-0.15, -0.1) is 0 Å². The molecule has 0 saturated carbocycles. The average Bonchev–Trinajstić information content (AvgIpc) is 3.02. The molecular weight excluding hydrogens is 372 g/mol. The minimum absolute atomic E-state index is 0.0833. The third-order valence-corrected chi connectivity index (χ3v) is 4.17. The average molecular weight is 391 g/mol. The lowest BCUT2D eigenvalue weighted by Gasteiger charge is -2.34. The molecule has 0 bridgehead atoms. The predicted octanol–water partition coefficient (Wildman–Crippen LogP) is 3.76. The van der Waals surface area contributed by atoms with E-state index in [-0.39, 0.29) is 22.7 Å². The van der Waals surface area contributed by atoms with Gasteiger partial charge in [-0.05, 0) is 45.4 Å². The first-order chi connectivity index (χ1) is 13.2. The van der Waals surface area contributed by atoms with Crippen LogP contribution in [0, 0.1) is 18.6 Å². The van der Waals surface area contributed by atoms with Crippen LogP contribution in [0.1, 0.15) is 38.1 Å². The minimum atomic E-state index is -1.09. The largest absolute Gasteiger partial charge is 0.459 e. The fourth-order valence-corrected chi connectivity index (χ4v) is 2.96. The van der Waals surface area contributed by atoms with Crippen molar-refractivity contribution in [1.82, 2.24) is 10.5 Å². The maximum absolute atomic E-state index is 13.8. The minimum Gasteiger partial charge on any atom is -0.459 e. The van der Waals surface area contributed by atoms with E-state index < -0.39 is 35.8 Å². The number of hydrogen-bond donors (Lipinski definition) is 1. The molecule has 2 aromatic rings. The fraction of sp³-hybridized carbons (Fsp3) is 0.316. The van der Waals surface area contributed by atoms with Crippen molar-refractivity contribution in [2.24, 2.45) is 0 Å². The molecule has 0 fully saturated rings. The molecule has 2 amide bonds. The van der Waals surface area contributed by atoms with Gasteiger partial charge in [0, 0.05) is 11.8 Å². The quantitative estimate of drug-likeness (QED) is 0.803. The van der Waals surface area contributed by atoms with Gasteiger partial charge >= 0.3 is 12.0 Å². The number of carbonyl (C=O) groups is 2. The Morgan fingerprint density at radius 1 is 1.25 bits per heavy atom. The molecule has 1 aliphatic rings. The molecule has 148 valence electrons. The second-order valence-electron chi connectivity index (χ2n) is 6.64. The van der Waals surface area contributed by atoms with Crippen LogP contribution < -0.4 is 10.2 Å². The van der Waals surface area contributed by atoms with Gasteiger partial charge in [0.1, 0.15) is 5.76 Å². The van der Waals surface area contributed by atoms with Crippen molar-refractivity contribution in [1.29, 1.82) is 0 Å². The Morgan fingerprint density at radius 2 is 1.96 bits per heavy atom. The smallest absolute Gasteiger partial charge is 0.338 e. The van der Waals surface area contributed by atoms with Gasteiger partial charge in [0.05, 0.1) is 17.7 Å². The number of aryl methyl sites for hydroxylation is 1. The number of benzene rings is 1. The zero-order valence-corrected chi connectivity index (χ0v) is 15.7. The van der Waals surface area contributed by atoms with E-state index in [1.54, 1.807) is 27.7 Å². The van der Waals surface area contributed by atoms with E-state index in [2.05, 4.69) is 10.5 Å². The molecule has 1 atom stereocenters. The van der Waals surface area contributed by atoms with E-state index in [1.807, 2.05) is 0 Å². The molecule has 0 spiro atoms. The number of esters is 1. The van der Waals surface area contributed by atoms with Crippen molar-refractivity contribution in [2.45, 2.75) is 39.8 Å². The summed E-state index contributed by atoms with van der Waals surface area (Å²) in [6.45, 7) is 6.57. The molecule has 1 aliphatic heterocycles. The third-order valence-electron chi connectivity index (χ3n) is 4.17. The van der Waals surface area contributed by atoms with Crippen molar-refractivity contribution in [3.05, 3.63) is 58.5 Å². The van der Waals surface area contributed by atoms with Gasteiger partial charge in [0.15, 0.2) is 17.5 Å². The summed E-state index contributed by atoms with van der Waals surface area (Å²) in [5.74, 6) is -2.14. The molecule has 0 aliphatic carbocycles. The van der Waals surface area contributed by atoms with E-state index in [4.69, 9.17) is 9.26 Å². The van der Waals surface area contributed by atoms with Crippen molar-refractivity contribution < 1.29 is 27.6 Å². The number of aromatic nitrogens is 1. The van der Waals surface area contributed by atoms with Crippen LogP contribution in [0.3, 0.4) is 0 Å². The Hall–Kier alpha value is -3.23. The summed E-state index contributed by atoms with van der Waals surface area (Å²) in [6, 6.07) is 3.10. The molecule has 2 heterocycles. The van der Waals surface area contributed by atoms with Gasteiger partial charge in [-0.2, -0.15) is 0 Å². The maximum atomic E-state index is 13.8. The number of ether oxygens (including phenoxy) is 1. The maximum Gasteiger partial charge on any atom is 0.338 e. The van der Waals surface area contributed by atoms with E-state index >= 15 is 0 Å². The first-order valence-electron chi connectivity index (χ1n) is 8.59. The van der Waals surface area contributed by atoms with Crippen LogP contribution in [0.4, 0.5) is 19.4 Å². The summed E-state index contributed by atoms with van der Waals surface area (Å²) < 4.78 is 37.4. The number of rotatable bonds is 4. The molecule has 1 N–H and O–H groups in total. The number of anilines is 1. The summed E-state index contributed by atoms with van der Waals surface area (Å²) in [7, 11) is 0. The Morgan fingerprint density at radius 3 is 2.54 bits per heavy atom. The molecule has 1 unspecified atom stereocenters. The molecule has 28 heavy (non-hydrogen) atoms. The Balaban J connectivity index is 2.13. The number of nitrogens with zero attached hydrogens (tertiary/aromatic N) is 2. The molecule has 0 radical (unpaired) electrons. The van der Waals surface area contributed by atoms with Gasteiger partial charge in [0.25, 0.3) is 0 Å². The van der Waals surface area contributed by atoms with Crippen LogP contribution >= 0.6 is 0 Å². The number of allylic oxidation sites excluding steroid dienone is 1. The van der Waals surface area contributed by atoms with Gasteiger partial charge in [-0.25, -0.2) is 23.3 Å². The van der Waals surface area contributed by atoms with Gasteiger partial charge in [-0.3, -0.25) is 0 Å². The highest BCUT2D eigenvalue weighted by atomic mass is 19.2. The number of halogens is 2. The third kappa shape index (κ3) is 3.60. The molecule has 7 nitrogen and oxygen atoms in total. The van der Waals surface area contributed by atoms with Gasteiger partial charge in [0.2, 0.25) is 0 Å². The zero-order chi connectivity index (χ0) is 20.6. The summed E-state index contributed by atoms with van der Waals surface area (Å²) >= 11 is 0. The normalized spacial score (nSPS) is 17.2. The number of hydrogen-bond acceptors (Lipinski definition) is 5. The Labute approximate surface area is 159 Å². The predicted molar refractivity (Wildman–Crippen MR) is 95.3 cm³/mol. The van der Waals surface area contributed by atoms with Crippen molar-refractivity contribution >= 4 is 17.8 Å². The van der Waals surface area contributed by atoms with E-state index in [1.165, 1.54) is 17.0 Å². The fourth-order valence-electron chi connectivity index (χ4n) is 2.96. The standard InChI is InChI=1S/C19H19F2N3O4/c1-9(2)27-18(25)16-11(4)24(15-7-10(3)28-23-15)19(26)22-17(16)12-5-6-13(20)14(21)8-12/h5-9,17H,1-4H3,(H,22,26). The molecule has 9 heteroatoms. The van der Waals surface area contributed by atoms with Gasteiger partial charge in [-0.1, -0.05) is 11.2 Å². The van der Waals surface area contributed by atoms with Crippen molar-refractivity contribution in [2.75, 3.05) is 4.90 Å².